The molecule has 0 aliphatic carbocycles. The van der Waals surface area contributed by atoms with Gasteiger partial charge in [-0.2, -0.15) is 13.2 Å². The summed E-state index contributed by atoms with van der Waals surface area (Å²) in [5.41, 5.74) is -6.09. The van der Waals surface area contributed by atoms with Gasteiger partial charge < -0.3 is 13.5 Å². The first-order chi connectivity index (χ1) is 10.5. The van der Waals surface area contributed by atoms with Gasteiger partial charge in [0, 0.05) is 18.3 Å². The molecule has 128 valence electrons. The Labute approximate surface area is 131 Å². The summed E-state index contributed by atoms with van der Waals surface area (Å²) in [6.07, 6.45) is 0.370. The maximum atomic E-state index is 12.4. The number of carbonyl (C=O) groups is 1. The second-order valence-electron chi connectivity index (χ2n) is 5.86. The van der Waals surface area contributed by atoms with Gasteiger partial charge in [0.25, 0.3) is 5.56 Å². The molecule has 1 atom stereocenters. The van der Waals surface area contributed by atoms with E-state index in [1.54, 1.807) is 0 Å². The zero-order chi connectivity index (χ0) is 17.6. The number of rotatable bonds is 3. The first-order valence-electron chi connectivity index (χ1n) is 6.48. The number of fused-ring (bicyclic) bond motifs is 1. The van der Waals surface area contributed by atoms with Crippen LogP contribution in [-0.4, -0.2) is 27.4 Å². The van der Waals surface area contributed by atoms with Gasteiger partial charge in [0.05, 0.1) is 12.7 Å². The molecule has 0 bridgehead atoms. The number of alkyl halides is 3. The van der Waals surface area contributed by atoms with Gasteiger partial charge in [-0.15, -0.1) is 0 Å². The third-order valence-electron chi connectivity index (χ3n) is 3.36. The van der Waals surface area contributed by atoms with E-state index in [4.69, 9.17) is 0 Å². The van der Waals surface area contributed by atoms with Crippen LogP contribution in [0.5, 0.6) is 5.75 Å². The number of hydrogen-bond acceptors (Lipinski definition) is 5. The standard InChI is InChI=1S/C13H14F3NO5S/c1-12(2)5-8-7(11(19)21-3)4-9(10(18)17(8)6-12)22-23(20)13(14,15)16/h4H,5-6H2,1-3H3. The van der Waals surface area contributed by atoms with Crippen LogP contribution in [0.4, 0.5) is 13.2 Å². The average molecular weight is 353 g/mol. The fourth-order valence-electron chi connectivity index (χ4n) is 2.45. The second kappa shape index (κ2) is 5.66. The fourth-order valence-corrected chi connectivity index (χ4v) is 2.82. The highest BCUT2D eigenvalue weighted by molar-refractivity contribution is 7.81. The van der Waals surface area contributed by atoms with E-state index in [2.05, 4.69) is 8.92 Å². The Morgan fingerprint density at radius 1 is 1.39 bits per heavy atom. The van der Waals surface area contributed by atoms with Gasteiger partial charge in [0.1, 0.15) is 0 Å². The fraction of sp³-hybridized carbons (Fsp3) is 0.538. The molecule has 10 heteroatoms. The van der Waals surface area contributed by atoms with Crippen molar-refractivity contribution in [2.75, 3.05) is 7.11 Å². The van der Waals surface area contributed by atoms with Crippen molar-refractivity contribution in [2.24, 2.45) is 5.41 Å². The van der Waals surface area contributed by atoms with Crippen LogP contribution in [0.15, 0.2) is 10.9 Å². The van der Waals surface area contributed by atoms with E-state index in [0.29, 0.717) is 12.1 Å². The number of ether oxygens (including phenoxy) is 1. The minimum atomic E-state index is -5.14. The molecule has 0 N–H and O–H groups in total. The van der Waals surface area contributed by atoms with Crippen molar-refractivity contribution in [2.45, 2.75) is 32.3 Å². The van der Waals surface area contributed by atoms with Crippen molar-refractivity contribution in [1.82, 2.24) is 4.57 Å². The summed E-state index contributed by atoms with van der Waals surface area (Å²) in [6, 6.07) is 0.852. The summed E-state index contributed by atoms with van der Waals surface area (Å²) in [6.45, 7) is 3.88. The molecule has 1 unspecified atom stereocenters. The summed E-state index contributed by atoms with van der Waals surface area (Å²) in [5, 5.41) is 0. The number of nitrogens with zero attached hydrogens (tertiary/aromatic N) is 1. The van der Waals surface area contributed by atoms with E-state index in [1.165, 1.54) is 0 Å². The predicted molar refractivity (Wildman–Crippen MR) is 74.4 cm³/mol. The molecule has 0 spiro atoms. The number of aromatic nitrogens is 1. The molecule has 2 rings (SSSR count). The molecule has 2 heterocycles. The topological polar surface area (TPSA) is 74.6 Å². The lowest BCUT2D eigenvalue weighted by atomic mass is 9.90. The SMILES string of the molecule is COC(=O)c1cc(OS(=O)C(F)(F)F)c(=O)n2c1CC(C)(C)C2. The lowest BCUT2D eigenvalue weighted by Gasteiger charge is -2.14. The number of halogens is 3. The van der Waals surface area contributed by atoms with Gasteiger partial charge in [-0.25, -0.2) is 9.00 Å². The Balaban J connectivity index is 2.57. The van der Waals surface area contributed by atoms with Crippen LogP contribution in [0, 0.1) is 5.41 Å². The van der Waals surface area contributed by atoms with Crippen molar-refractivity contribution in [3.63, 3.8) is 0 Å². The number of hydrogen-bond donors (Lipinski definition) is 0. The van der Waals surface area contributed by atoms with Crippen molar-refractivity contribution >= 4 is 17.0 Å². The molecule has 1 aliphatic rings. The largest absolute Gasteiger partial charge is 0.508 e. The van der Waals surface area contributed by atoms with Gasteiger partial charge in [0.2, 0.25) is 5.75 Å². The van der Waals surface area contributed by atoms with Gasteiger partial charge >= 0.3 is 22.6 Å². The predicted octanol–water partition coefficient (Wildman–Crippen LogP) is 1.78. The zero-order valence-corrected chi connectivity index (χ0v) is 13.3. The molecule has 0 amide bonds. The summed E-state index contributed by atoms with van der Waals surface area (Å²) < 4.78 is 58.1. The highest BCUT2D eigenvalue weighted by Crippen LogP contribution is 2.34. The van der Waals surface area contributed by atoms with E-state index in [9.17, 15) is 27.0 Å². The Morgan fingerprint density at radius 2 is 2.00 bits per heavy atom. The minimum absolute atomic E-state index is 0.0770. The average Bonchev–Trinajstić information content (AvgIpc) is 2.75. The lowest BCUT2D eigenvalue weighted by molar-refractivity contribution is -0.0438. The summed E-state index contributed by atoms with van der Waals surface area (Å²) >= 11 is -3.70. The molecule has 0 fully saturated rings. The summed E-state index contributed by atoms with van der Waals surface area (Å²) in [7, 11) is 1.11. The molecular weight excluding hydrogens is 339 g/mol. The molecule has 6 nitrogen and oxygen atoms in total. The Morgan fingerprint density at radius 3 is 2.52 bits per heavy atom. The quantitative estimate of drug-likeness (QED) is 0.775. The van der Waals surface area contributed by atoms with Gasteiger partial charge in [0.15, 0.2) is 0 Å². The monoisotopic (exact) mass is 353 g/mol. The molecule has 0 saturated heterocycles. The lowest BCUT2D eigenvalue weighted by Crippen LogP contribution is -2.29. The van der Waals surface area contributed by atoms with Crippen LogP contribution >= 0.6 is 0 Å². The maximum absolute atomic E-state index is 12.4. The van der Waals surface area contributed by atoms with Gasteiger partial charge in [-0.1, -0.05) is 13.8 Å². The van der Waals surface area contributed by atoms with Crippen molar-refractivity contribution in [3.05, 3.63) is 27.7 Å². The molecule has 0 radical (unpaired) electrons. The van der Waals surface area contributed by atoms with E-state index >= 15 is 0 Å². The van der Waals surface area contributed by atoms with Crippen LogP contribution in [0.1, 0.15) is 29.9 Å². The maximum Gasteiger partial charge on any atom is 0.508 e. The van der Waals surface area contributed by atoms with Crippen molar-refractivity contribution in [1.29, 1.82) is 0 Å². The van der Waals surface area contributed by atoms with Gasteiger partial charge in [-0.05, 0) is 11.8 Å². The second-order valence-corrected chi connectivity index (χ2v) is 6.96. The number of pyridine rings is 1. The first kappa shape index (κ1) is 17.5. The van der Waals surface area contributed by atoms with E-state index in [1.807, 2.05) is 13.8 Å². The molecule has 1 aromatic rings. The Hall–Kier alpha value is -1.84. The van der Waals surface area contributed by atoms with Crippen molar-refractivity contribution < 1.29 is 31.1 Å². The van der Waals surface area contributed by atoms with Crippen LogP contribution in [0.2, 0.25) is 0 Å². The molecule has 0 saturated carbocycles. The number of esters is 1. The number of methoxy groups -OCH3 is 1. The van der Waals surface area contributed by atoms with E-state index < -0.39 is 33.9 Å². The zero-order valence-electron chi connectivity index (χ0n) is 12.5. The third-order valence-corrected chi connectivity index (χ3v) is 4.07. The molecule has 23 heavy (non-hydrogen) atoms. The smallest absolute Gasteiger partial charge is 0.465 e. The highest BCUT2D eigenvalue weighted by atomic mass is 32.2. The third kappa shape index (κ3) is 3.41. The summed E-state index contributed by atoms with van der Waals surface area (Å²) in [5.74, 6) is -1.61. The normalized spacial score (nSPS) is 17.5. The van der Waals surface area contributed by atoms with Gasteiger partial charge in [-0.3, -0.25) is 4.79 Å². The summed E-state index contributed by atoms with van der Waals surface area (Å²) in [4.78, 5) is 24.1. The van der Waals surface area contributed by atoms with E-state index in [0.717, 1.165) is 17.7 Å². The minimum Gasteiger partial charge on any atom is -0.465 e. The molecule has 1 aromatic heterocycles. The van der Waals surface area contributed by atoms with Crippen molar-refractivity contribution in [3.8, 4) is 5.75 Å². The molecular formula is C13H14F3NO5S. The van der Waals surface area contributed by atoms with Crippen LogP contribution < -0.4 is 9.74 Å². The molecule has 0 aromatic carbocycles. The Bertz CT molecular complexity index is 738. The molecule has 1 aliphatic heterocycles. The Kier molecular flexibility index (Phi) is 4.31. The van der Waals surface area contributed by atoms with Crippen LogP contribution in [0.25, 0.3) is 0 Å². The van der Waals surface area contributed by atoms with Crippen LogP contribution in [-0.2, 0) is 28.8 Å². The highest BCUT2D eigenvalue weighted by Gasteiger charge is 2.41. The number of carbonyl (C=O) groups excluding carboxylic acids is 1. The van der Waals surface area contributed by atoms with E-state index in [-0.39, 0.29) is 17.5 Å². The first-order valence-corrected chi connectivity index (χ1v) is 7.56. The van der Waals surface area contributed by atoms with Crippen LogP contribution in [0.3, 0.4) is 0 Å².